The van der Waals surface area contributed by atoms with Gasteiger partial charge in [0, 0.05) is 15.6 Å². The molecule has 0 unspecified atom stereocenters. The lowest BCUT2D eigenvalue weighted by molar-refractivity contribution is -0.108. The van der Waals surface area contributed by atoms with Crippen molar-refractivity contribution in [3.63, 3.8) is 0 Å². The number of para-hydroxylation sites is 1. The third kappa shape index (κ3) is 1.38. The Morgan fingerprint density at radius 2 is 2.29 bits per heavy atom. The van der Waals surface area contributed by atoms with Crippen molar-refractivity contribution in [1.29, 1.82) is 0 Å². The maximum Gasteiger partial charge on any atom is 0.139 e. The number of nitrogens with zero attached hydrogens (tertiary/aromatic N) is 1. The zero-order chi connectivity index (χ0) is 10.1. The number of benzene rings is 1. The second kappa shape index (κ2) is 3.58. The van der Waals surface area contributed by atoms with E-state index in [-0.39, 0.29) is 0 Å². The van der Waals surface area contributed by atoms with Crippen LogP contribution in [0, 0.1) is 6.92 Å². The van der Waals surface area contributed by atoms with Crippen molar-refractivity contribution in [2.24, 2.45) is 0 Å². The monoisotopic (exact) mass is 251 g/mol. The van der Waals surface area contributed by atoms with Crippen molar-refractivity contribution >= 4 is 33.1 Å². The van der Waals surface area contributed by atoms with Gasteiger partial charge in [-0.05, 0) is 35.0 Å². The Morgan fingerprint density at radius 3 is 3.00 bits per heavy atom. The third-order valence-corrected chi connectivity index (χ3v) is 2.98. The molecule has 0 radical (unpaired) electrons. The van der Waals surface area contributed by atoms with Crippen LogP contribution in [-0.2, 0) is 11.3 Å². The highest BCUT2D eigenvalue weighted by Crippen LogP contribution is 2.26. The summed E-state index contributed by atoms with van der Waals surface area (Å²) < 4.78 is 3.04. The fraction of sp³-hybridized carbons (Fsp3) is 0.182. The van der Waals surface area contributed by atoms with Gasteiger partial charge in [-0.2, -0.15) is 0 Å². The lowest BCUT2D eigenvalue weighted by Crippen LogP contribution is -2.00. The largest absolute Gasteiger partial charge is 0.337 e. The van der Waals surface area contributed by atoms with E-state index < -0.39 is 0 Å². The Hall–Kier alpha value is -1.09. The van der Waals surface area contributed by atoms with Gasteiger partial charge in [-0.3, -0.25) is 0 Å². The molecule has 0 atom stereocenters. The Balaban J connectivity index is 2.79. The normalized spacial score (nSPS) is 10.7. The number of aryl methyl sites for hydroxylation is 1. The summed E-state index contributed by atoms with van der Waals surface area (Å²) in [7, 11) is 0. The topological polar surface area (TPSA) is 22.0 Å². The van der Waals surface area contributed by atoms with Crippen molar-refractivity contribution in [3.05, 3.63) is 34.4 Å². The number of hydrogen-bond acceptors (Lipinski definition) is 1. The number of carbonyl (C=O) groups is 1. The van der Waals surface area contributed by atoms with Gasteiger partial charge >= 0.3 is 0 Å². The van der Waals surface area contributed by atoms with Crippen LogP contribution in [0.4, 0.5) is 0 Å². The van der Waals surface area contributed by atoms with Crippen LogP contribution in [-0.4, -0.2) is 10.9 Å². The fourth-order valence-electron chi connectivity index (χ4n) is 1.72. The fourth-order valence-corrected chi connectivity index (χ4v) is 2.32. The smallest absolute Gasteiger partial charge is 0.139 e. The average molecular weight is 252 g/mol. The van der Waals surface area contributed by atoms with Crippen LogP contribution in [0.15, 0.2) is 28.7 Å². The molecule has 0 aliphatic heterocycles. The van der Waals surface area contributed by atoms with Gasteiger partial charge in [0.15, 0.2) is 0 Å². The van der Waals surface area contributed by atoms with Crippen molar-refractivity contribution < 1.29 is 4.79 Å². The Bertz CT molecular complexity index is 487. The SMILES string of the molecule is Cc1cc2cccc(Br)c2n1CC=O. The molecule has 2 rings (SSSR count). The summed E-state index contributed by atoms with van der Waals surface area (Å²) in [5.41, 5.74) is 2.20. The van der Waals surface area contributed by atoms with Crippen LogP contribution in [0.1, 0.15) is 5.69 Å². The summed E-state index contributed by atoms with van der Waals surface area (Å²) in [5.74, 6) is 0. The molecule has 3 heteroatoms. The van der Waals surface area contributed by atoms with Crippen LogP contribution >= 0.6 is 15.9 Å². The summed E-state index contributed by atoms with van der Waals surface area (Å²) in [4.78, 5) is 10.5. The molecule has 2 nitrogen and oxygen atoms in total. The van der Waals surface area contributed by atoms with Crippen molar-refractivity contribution in [1.82, 2.24) is 4.57 Å². The Kier molecular flexibility index (Phi) is 2.42. The van der Waals surface area contributed by atoms with Crippen molar-refractivity contribution in [2.75, 3.05) is 0 Å². The number of aromatic nitrogens is 1. The van der Waals surface area contributed by atoms with Gasteiger partial charge < -0.3 is 9.36 Å². The molecule has 0 fully saturated rings. The predicted molar refractivity (Wildman–Crippen MR) is 60.4 cm³/mol. The molecule has 2 aromatic rings. The van der Waals surface area contributed by atoms with Gasteiger partial charge in [0.2, 0.25) is 0 Å². The molecule has 0 aliphatic carbocycles. The van der Waals surface area contributed by atoms with E-state index in [9.17, 15) is 4.79 Å². The maximum atomic E-state index is 10.5. The standard InChI is InChI=1S/C11H10BrNO/c1-8-7-9-3-2-4-10(12)11(9)13(8)5-6-14/h2-4,6-7H,5H2,1H3. The molecule has 0 bridgehead atoms. The minimum atomic E-state index is 0.415. The van der Waals surface area contributed by atoms with Gasteiger partial charge in [-0.15, -0.1) is 0 Å². The number of fused-ring (bicyclic) bond motifs is 1. The lowest BCUT2D eigenvalue weighted by atomic mass is 10.2. The van der Waals surface area contributed by atoms with E-state index in [0.29, 0.717) is 6.54 Å². The van der Waals surface area contributed by atoms with Crippen LogP contribution in [0.5, 0.6) is 0 Å². The van der Waals surface area contributed by atoms with Gasteiger partial charge in [0.05, 0.1) is 12.1 Å². The molecule has 1 aromatic heterocycles. The quantitative estimate of drug-likeness (QED) is 0.753. The van der Waals surface area contributed by atoms with Crippen LogP contribution < -0.4 is 0 Å². The van der Waals surface area contributed by atoms with E-state index in [4.69, 9.17) is 0 Å². The maximum absolute atomic E-state index is 10.5. The summed E-state index contributed by atoms with van der Waals surface area (Å²) >= 11 is 3.49. The van der Waals surface area contributed by atoms with Gasteiger partial charge in [0.25, 0.3) is 0 Å². The highest BCUT2D eigenvalue weighted by Gasteiger charge is 2.07. The second-order valence-corrected chi connectivity index (χ2v) is 4.09. The third-order valence-electron chi connectivity index (χ3n) is 2.34. The molecule has 0 N–H and O–H groups in total. The average Bonchev–Trinajstić information content (AvgIpc) is 2.45. The van der Waals surface area contributed by atoms with E-state index in [1.165, 1.54) is 5.39 Å². The van der Waals surface area contributed by atoms with Gasteiger partial charge in [-0.1, -0.05) is 12.1 Å². The highest BCUT2D eigenvalue weighted by molar-refractivity contribution is 9.10. The summed E-state index contributed by atoms with van der Waals surface area (Å²) in [6, 6.07) is 8.12. The molecule has 0 saturated heterocycles. The van der Waals surface area contributed by atoms with Gasteiger partial charge in [0.1, 0.15) is 6.29 Å². The van der Waals surface area contributed by atoms with E-state index in [1.54, 1.807) is 0 Å². The molecular weight excluding hydrogens is 242 g/mol. The number of aldehydes is 1. The molecule has 14 heavy (non-hydrogen) atoms. The molecule has 1 heterocycles. The summed E-state index contributed by atoms with van der Waals surface area (Å²) in [6.07, 6.45) is 0.922. The van der Waals surface area contributed by atoms with Crippen LogP contribution in [0.2, 0.25) is 0 Å². The Labute approximate surface area is 90.7 Å². The minimum Gasteiger partial charge on any atom is -0.337 e. The zero-order valence-electron chi connectivity index (χ0n) is 7.83. The first-order valence-corrected chi connectivity index (χ1v) is 5.21. The molecule has 72 valence electrons. The molecule has 1 aromatic carbocycles. The van der Waals surface area contributed by atoms with E-state index >= 15 is 0 Å². The Morgan fingerprint density at radius 1 is 1.50 bits per heavy atom. The van der Waals surface area contributed by atoms with Crippen LogP contribution in [0.3, 0.4) is 0 Å². The molecule has 0 aliphatic rings. The number of carbonyl (C=O) groups excluding carboxylic acids is 1. The molecule has 0 saturated carbocycles. The second-order valence-electron chi connectivity index (χ2n) is 3.24. The first-order valence-electron chi connectivity index (χ1n) is 4.42. The number of rotatable bonds is 2. The van der Waals surface area contributed by atoms with E-state index in [1.807, 2.05) is 29.7 Å². The number of hydrogen-bond donors (Lipinski definition) is 0. The first-order chi connectivity index (χ1) is 6.74. The zero-order valence-corrected chi connectivity index (χ0v) is 9.41. The number of halogens is 1. The molecule has 0 amide bonds. The van der Waals surface area contributed by atoms with E-state index in [2.05, 4.69) is 22.0 Å². The summed E-state index contributed by atoms with van der Waals surface area (Å²) in [6.45, 7) is 2.42. The van der Waals surface area contributed by atoms with Crippen LogP contribution in [0.25, 0.3) is 10.9 Å². The van der Waals surface area contributed by atoms with E-state index in [0.717, 1.165) is 22.0 Å². The molecule has 0 spiro atoms. The summed E-state index contributed by atoms with van der Waals surface area (Å²) in [5, 5.41) is 1.17. The van der Waals surface area contributed by atoms with Crippen molar-refractivity contribution in [2.45, 2.75) is 13.5 Å². The first kappa shape index (κ1) is 9.46. The van der Waals surface area contributed by atoms with Crippen molar-refractivity contribution in [3.8, 4) is 0 Å². The predicted octanol–water partition coefficient (Wildman–Crippen LogP) is 2.91. The molecular formula is C11H10BrNO. The highest BCUT2D eigenvalue weighted by atomic mass is 79.9. The minimum absolute atomic E-state index is 0.415. The lowest BCUT2D eigenvalue weighted by Gasteiger charge is -2.04. The van der Waals surface area contributed by atoms with Gasteiger partial charge in [-0.25, -0.2) is 0 Å².